The average molecular weight is 417 g/mol. The normalized spacial score (nSPS) is 15.0. The Labute approximate surface area is 180 Å². The van der Waals surface area contributed by atoms with E-state index >= 15 is 0 Å². The number of hydrogen-bond acceptors (Lipinski definition) is 4. The third kappa shape index (κ3) is 3.87. The molecule has 1 fully saturated rings. The number of carbonyl (C=O) groups is 1. The van der Waals surface area contributed by atoms with Gasteiger partial charge in [0.2, 0.25) is 5.91 Å². The molecule has 2 aromatic heterocycles. The number of carbonyl (C=O) groups excluding carboxylic acids is 1. The SMILES string of the molecule is O=C(Cn1c(-c2cscn2)nc2ccccc21)N1CCC(Cc2ccccc2)CC1. The minimum atomic E-state index is 0.160. The Morgan fingerprint density at radius 1 is 1.03 bits per heavy atom. The number of aromatic nitrogens is 3. The van der Waals surface area contributed by atoms with Crippen molar-refractivity contribution >= 4 is 28.3 Å². The number of hydrogen-bond donors (Lipinski definition) is 0. The smallest absolute Gasteiger partial charge is 0.242 e. The Hall–Kier alpha value is -2.99. The third-order valence-corrected chi connectivity index (χ3v) is 6.53. The molecular weight excluding hydrogens is 392 g/mol. The highest BCUT2D eigenvalue weighted by atomic mass is 32.1. The zero-order valence-corrected chi connectivity index (χ0v) is 17.6. The number of fused-ring (bicyclic) bond motifs is 1. The molecular formula is C24H24N4OS. The van der Waals surface area contributed by atoms with Crippen LogP contribution in [-0.4, -0.2) is 38.4 Å². The average Bonchev–Trinajstić information content (AvgIpc) is 3.43. The number of imidazole rings is 1. The van der Waals surface area contributed by atoms with Crippen LogP contribution in [-0.2, 0) is 17.8 Å². The predicted molar refractivity (Wildman–Crippen MR) is 120 cm³/mol. The lowest BCUT2D eigenvalue weighted by atomic mass is 9.90. The van der Waals surface area contributed by atoms with E-state index in [2.05, 4.69) is 35.3 Å². The maximum atomic E-state index is 13.2. The summed E-state index contributed by atoms with van der Waals surface area (Å²) in [7, 11) is 0. The molecule has 152 valence electrons. The van der Waals surface area contributed by atoms with Crippen LogP contribution in [0.5, 0.6) is 0 Å². The van der Waals surface area contributed by atoms with E-state index in [0.29, 0.717) is 12.5 Å². The third-order valence-electron chi connectivity index (χ3n) is 5.94. The maximum Gasteiger partial charge on any atom is 0.242 e. The van der Waals surface area contributed by atoms with Crippen LogP contribution < -0.4 is 0 Å². The van der Waals surface area contributed by atoms with Crippen molar-refractivity contribution in [3.63, 3.8) is 0 Å². The van der Waals surface area contributed by atoms with Gasteiger partial charge in [-0.25, -0.2) is 9.97 Å². The molecule has 30 heavy (non-hydrogen) atoms. The number of piperidine rings is 1. The molecule has 0 spiro atoms. The molecule has 5 nitrogen and oxygen atoms in total. The molecule has 1 saturated heterocycles. The Bertz CT molecular complexity index is 1130. The monoisotopic (exact) mass is 416 g/mol. The number of rotatable bonds is 5. The molecule has 1 aliphatic heterocycles. The summed E-state index contributed by atoms with van der Waals surface area (Å²) in [4.78, 5) is 24.3. The van der Waals surface area contributed by atoms with E-state index in [1.165, 1.54) is 5.56 Å². The van der Waals surface area contributed by atoms with Gasteiger partial charge >= 0.3 is 0 Å². The topological polar surface area (TPSA) is 51.0 Å². The van der Waals surface area contributed by atoms with Gasteiger partial charge in [-0.05, 0) is 42.9 Å². The van der Waals surface area contributed by atoms with Gasteiger partial charge < -0.3 is 9.47 Å². The van der Waals surface area contributed by atoms with E-state index in [1.54, 1.807) is 16.8 Å². The van der Waals surface area contributed by atoms with Gasteiger partial charge in [0.15, 0.2) is 5.82 Å². The van der Waals surface area contributed by atoms with Crippen molar-refractivity contribution in [1.29, 1.82) is 0 Å². The van der Waals surface area contributed by atoms with Gasteiger partial charge in [0.05, 0.1) is 16.5 Å². The van der Waals surface area contributed by atoms with Crippen LogP contribution >= 0.6 is 11.3 Å². The molecule has 0 atom stereocenters. The van der Waals surface area contributed by atoms with Gasteiger partial charge in [-0.2, -0.15) is 0 Å². The molecule has 1 amide bonds. The molecule has 1 aliphatic rings. The van der Waals surface area contributed by atoms with Crippen LogP contribution in [0.4, 0.5) is 0 Å². The van der Waals surface area contributed by atoms with Gasteiger partial charge in [-0.15, -0.1) is 11.3 Å². The second kappa shape index (κ2) is 8.40. The fraction of sp³-hybridized carbons (Fsp3) is 0.292. The van der Waals surface area contributed by atoms with Crippen LogP contribution in [0.25, 0.3) is 22.6 Å². The summed E-state index contributed by atoms with van der Waals surface area (Å²) < 4.78 is 2.02. The molecule has 0 aliphatic carbocycles. The van der Waals surface area contributed by atoms with Crippen LogP contribution in [0.2, 0.25) is 0 Å². The highest BCUT2D eigenvalue weighted by molar-refractivity contribution is 7.07. The highest BCUT2D eigenvalue weighted by Crippen LogP contribution is 2.26. The number of likely N-dealkylation sites (tertiary alicyclic amines) is 1. The predicted octanol–water partition coefficient (Wildman–Crippen LogP) is 4.64. The van der Waals surface area contributed by atoms with Crippen molar-refractivity contribution in [3.05, 3.63) is 71.1 Å². The first-order chi connectivity index (χ1) is 14.8. The summed E-state index contributed by atoms with van der Waals surface area (Å²) >= 11 is 1.54. The number of amides is 1. The molecule has 0 radical (unpaired) electrons. The Kier molecular flexibility index (Phi) is 5.32. The van der Waals surface area contributed by atoms with Gasteiger partial charge in [0.25, 0.3) is 0 Å². The number of benzene rings is 2. The minimum Gasteiger partial charge on any atom is -0.341 e. The Morgan fingerprint density at radius 2 is 1.80 bits per heavy atom. The summed E-state index contributed by atoms with van der Waals surface area (Å²) in [6, 6.07) is 18.6. The van der Waals surface area contributed by atoms with Crippen LogP contribution in [0.3, 0.4) is 0 Å². The molecule has 2 aromatic carbocycles. The Morgan fingerprint density at radius 3 is 2.57 bits per heavy atom. The van der Waals surface area contributed by atoms with Gasteiger partial charge in [0, 0.05) is 18.5 Å². The fourth-order valence-corrected chi connectivity index (χ4v) is 4.85. The van der Waals surface area contributed by atoms with Crippen molar-refractivity contribution < 1.29 is 4.79 Å². The first kappa shape index (κ1) is 19.0. The molecule has 3 heterocycles. The Balaban J connectivity index is 1.29. The van der Waals surface area contributed by atoms with Crippen molar-refractivity contribution in [1.82, 2.24) is 19.4 Å². The van der Waals surface area contributed by atoms with E-state index in [9.17, 15) is 4.79 Å². The summed E-state index contributed by atoms with van der Waals surface area (Å²) in [5, 5.41) is 1.98. The number of thiazole rings is 1. The second-order valence-corrected chi connectivity index (χ2v) is 8.62. The largest absolute Gasteiger partial charge is 0.341 e. The summed E-state index contributed by atoms with van der Waals surface area (Å²) in [6.45, 7) is 1.96. The first-order valence-electron chi connectivity index (χ1n) is 10.4. The van der Waals surface area contributed by atoms with Gasteiger partial charge in [-0.1, -0.05) is 42.5 Å². The maximum absolute atomic E-state index is 13.2. The van der Waals surface area contributed by atoms with Gasteiger partial charge in [-0.3, -0.25) is 4.79 Å². The molecule has 5 rings (SSSR count). The van der Waals surface area contributed by atoms with Crippen molar-refractivity contribution in [3.8, 4) is 11.5 Å². The first-order valence-corrected chi connectivity index (χ1v) is 11.4. The van der Waals surface area contributed by atoms with Crippen LogP contribution in [0.1, 0.15) is 18.4 Å². The molecule has 0 saturated carbocycles. The minimum absolute atomic E-state index is 0.160. The van der Waals surface area contributed by atoms with E-state index in [0.717, 1.165) is 54.9 Å². The van der Waals surface area contributed by atoms with Crippen molar-refractivity contribution in [2.24, 2.45) is 5.92 Å². The van der Waals surface area contributed by atoms with Crippen LogP contribution in [0, 0.1) is 5.92 Å². The lowest BCUT2D eigenvalue weighted by Crippen LogP contribution is -2.40. The molecule has 0 unspecified atom stereocenters. The highest BCUT2D eigenvalue weighted by Gasteiger charge is 2.25. The second-order valence-electron chi connectivity index (χ2n) is 7.90. The molecule has 0 bridgehead atoms. The molecule has 0 N–H and O–H groups in total. The summed E-state index contributed by atoms with van der Waals surface area (Å²) in [5.41, 5.74) is 5.89. The standard InChI is InChI=1S/C24H24N4OS/c29-23(27-12-10-19(11-13-27)14-18-6-2-1-3-7-18)15-28-22-9-5-4-8-20(22)26-24(28)21-16-30-17-25-21/h1-9,16-17,19H,10-15H2. The van der Waals surface area contributed by atoms with Crippen molar-refractivity contribution in [2.75, 3.05) is 13.1 Å². The number of para-hydroxylation sites is 2. The van der Waals surface area contributed by atoms with E-state index in [4.69, 9.17) is 4.98 Å². The lowest BCUT2D eigenvalue weighted by Gasteiger charge is -2.32. The fourth-order valence-electron chi connectivity index (χ4n) is 4.32. The van der Waals surface area contributed by atoms with E-state index in [-0.39, 0.29) is 5.91 Å². The summed E-state index contributed by atoms with van der Waals surface area (Å²) in [6.07, 6.45) is 3.22. The zero-order chi connectivity index (χ0) is 20.3. The number of nitrogens with zero attached hydrogens (tertiary/aromatic N) is 4. The lowest BCUT2D eigenvalue weighted by molar-refractivity contribution is -0.133. The van der Waals surface area contributed by atoms with Crippen LogP contribution in [0.15, 0.2) is 65.5 Å². The van der Waals surface area contributed by atoms with Crippen molar-refractivity contribution in [2.45, 2.75) is 25.8 Å². The molecule has 6 heteroatoms. The quantitative estimate of drug-likeness (QED) is 0.476. The van der Waals surface area contributed by atoms with E-state index < -0.39 is 0 Å². The zero-order valence-electron chi connectivity index (χ0n) is 16.8. The molecule has 4 aromatic rings. The summed E-state index contributed by atoms with van der Waals surface area (Å²) in [5.74, 6) is 1.58. The van der Waals surface area contributed by atoms with E-state index in [1.807, 2.05) is 39.1 Å². The van der Waals surface area contributed by atoms with Gasteiger partial charge in [0.1, 0.15) is 12.2 Å².